The van der Waals surface area contributed by atoms with Crippen molar-refractivity contribution in [2.45, 2.75) is 44.1 Å². The van der Waals surface area contributed by atoms with Crippen molar-refractivity contribution in [2.75, 3.05) is 32.7 Å². The standard InChI is InChI=1S/C23H32N2O/c1-18-9-11-23(26,12-10-18)22(17-25-15-13-24-14-16-25)21-8-4-6-19-5-2-3-7-20(19)21/h2-8,18,22,24,26H,9-17H2,1H3. The van der Waals surface area contributed by atoms with Gasteiger partial charge >= 0.3 is 0 Å². The SMILES string of the molecule is CC1CCC(O)(C(CN2CCNCC2)c2cccc3ccccc23)CC1. The molecule has 0 radical (unpaired) electrons. The Morgan fingerprint density at radius 1 is 1.08 bits per heavy atom. The molecule has 1 heterocycles. The lowest BCUT2D eigenvalue weighted by atomic mass is 9.69. The van der Waals surface area contributed by atoms with E-state index < -0.39 is 5.60 Å². The highest BCUT2D eigenvalue weighted by Crippen LogP contribution is 2.43. The van der Waals surface area contributed by atoms with Gasteiger partial charge in [0.05, 0.1) is 5.60 Å². The first kappa shape index (κ1) is 18.0. The maximum atomic E-state index is 11.8. The second kappa shape index (κ2) is 7.67. The zero-order valence-corrected chi connectivity index (χ0v) is 16.0. The Bertz CT molecular complexity index is 725. The third-order valence-corrected chi connectivity index (χ3v) is 6.64. The molecule has 2 aromatic carbocycles. The van der Waals surface area contributed by atoms with Crippen molar-refractivity contribution in [2.24, 2.45) is 5.92 Å². The largest absolute Gasteiger partial charge is 0.389 e. The summed E-state index contributed by atoms with van der Waals surface area (Å²) in [6.45, 7) is 7.54. The summed E-state index contributed by atoms with van der Waals surface area (Å²) < 4.78 is 0. The van der Waals surface area contributed by atoms with Crippen LogP contribution < -0.4 is 5.32 Å². The van der Waals surface area contributed by atoms with Crippen LogP contribution in [0.25, 0.3) is 10.8 Å². The van der Waals surface area contributed by atoms with Gasteiger partial charge in [-0.25, -0.2) is 0 Å². The van der Waals surface area contributed by atoms with Crippen LogP contribution in [0.2, 0.25) is 0 Å². The van der Waals surface area contributed by atoms with E-state index in [1.165, 1.54) is 16.3 Å². The van der Waals surface area contributed by atoms with Gasteiger partial charge in [0, 0.05) is 38.6 Å². The molecule has 0 bridgehead atoms. The Morgan fingerprint density at radius 3 is 2.54 bits per heavy atom. The van der Waals surface area contributed by atoms with Crippen molar-refractivity contribution in [1.29, 1.82) is 0 Å². The van der Waals surface area contributed by atoms with Crippen LogP contribution in [-0.2, 0) is 0 Å². The second-order valence-electron chi connectivity index (χ2n) is 8.46. The predicted molar refractivity (Wildman–Crippen MR) is 109 cm³/mol. The van der Waals surface area contributed by atoms with Crippen molar-refractivity contribution in [1.82, 2.24) is 10.2 Å². The molecule has 140 valence electrons. The Hall–Kier alpha value is -1.42. The molecule has 3 heteroatoms. The highest BCUT2D eigenvalue weighted by Gasteiger charge is 2.41. The molecule has 0 aromatic heterocycles. The summed E-state index contributed by atoms with van der Waals surface area (Å²) in [6.07, 6.45) is 4.13. The van der Waals surface area contributed by atoms with Crippen molar-refractivity contribution in [3.8, 4) is 0 Å². The smallest absolute Gasteiger partial charge is 0.0728 e. The first-order valence-corrected chi connectivity index (χ1v) is 10.3. The zero-order valence-electron chi connectivity index (χ0n) is 16.0. The Labute approximate surface area is 157 Å². The van der Waals surface area contributed by atoms with Crippen LogP contribution in [0.3, 0.4) is 0 Å². The Kier molecular flexibility index (Phi) is 5.30. The molecule has 2 N–H and O–H groups in total. The molecule has 4 rings (SSSR count). The third-order valence-electron chi connectivity index (χ3n) is 6.64. The number of nitrogens with zero attached hydrogens (tertiary/aromatic N) is 1. The lowest BCUT2D eigenvalue weighted by Gasteiger charge is -2.44. The van der Waals surface area contributed by atoms with E-state index in [4.69, 9.17) is 0 Å². The molecule has 1 saturated carbocycles. The van der Waals surface area contributed by atoms with Crippen molar-refractivity contribution in [3.05, 3.63) is 48.0 Å². The van der Waals surface area contributed by atoms with Gasteiger partial charge in [0.2, 0.25) is 0 Å². The van der Waals surface area contributed by atoms with Gasteiger partial charge in [0.25, 0.3) is 0 Å². The minimum absolute atomic E-state index is 0.180. The first-order valence-electron chi connectivity index (χ1n) is 10.3. The zero-order chi connectivity index (χ0) is 18.0. The lowest BCUT2D eigenvalue weighted by molar-refractivity contribution is -0.0402. The van der Waals surface area contributed by atoms with Crippen molar-refractivity contribution < 1.29 is 5.11 Å². The number of benzene rings is 2. The monoisotopic (exact) mass is 352 g/mol. The third kappa shape index (κ3) is 3.66. The van der Waals surface area contributed by atoms with Crippen molar-refractivity contribution in [3.63, 3.8) is 0 Å². The minimum Gasteiger partial charge on any atom is -0.389 e. The predicted octanol–water partition coefficient (Wildman–Crippen LogP) is 3.77. The average Bonchev–Trinajstić information content (AvgIpc) is 2.69. The summed E-state index contributed by atoms with van der Waals surface area (Å²) in [6, 6.07) is 15.3. The van der Waals surface area contributed by atoms with E-state index >= 15 is 0 Å². The van der Waals surface area contributed by atoms with Gasteiger partial charge in [-0.3, -0.25) is 0 Å². The van der Waals surface area contributed by atoms with Gasteiger partial charge in [-0.05, 0) is 47.9 Å². The molecule has 0 spiro atoms. The molecule has 2 aliphatic rings. The van der Waals surface area contributed by atoms with E-state index in [1.807, 2.05) is 0 Å². The van der Waals surface area contributed by atoms with Crippen LogP contribution >= 0.6 is 0 Å². The van der Waals surface area contributed by atoms with Crippen LogP contribution in [0.4, 0.5) is 0 Å². The van der Waals surface area contributed by atoms with Crippen LogP contribution in [0.15, 0.2) is 42.5 Å². The second-order valence-corrected chi connectivity index (χ2v) is 8.46. The number of piperazine rings is 1. The highest BCUT2D eigenvalue weighted by atomic mass is 16.3. The molecule has 1 aliphatic carbocycles. The normalized spacial score (nSPS) is 28.9. The molecule has 1 unspecified atom stereocenters. The number of fused-ring (bicyclic) bond motifs is 1. The molecule has 3 nitrogen and oxygen atoms in total. The molecule has 0 amide bonds. The van der Waals surface area contributed by atoms with E-state index in [0.717, 1.165) is 64.3 Å². The van der Waals surface area contributed by atoms with E-state index in [2.05, 4.69) is 59.6 Å². The number of hydrogen-bond donors (Lipinski definition) is 2. The first-order chi connectivity index (χ1) is 12.7. The molecule has 2 aromatic rings. The average molecular weight is 353 g/mol. The summed E-state index contributed by atoms with van der Waals surface area (Å²) in [5.74, 6) is 0.918. The topological polar surface area (TPSA) is 35.5 Å². The van der Waals surface area contributed by atoms with Gasteiger partial charge in [0.15, 0.2) is 0 Å². The quantitative estimate of drug-likeness (QED) is 0.879. The van der Waals surface area contributed by atoms with Gasteiger partial charge in [0.1, 0.15) is 0 Å². The highest BCUT2D eigenvalue weighted by molar-refractivity contribution is 5.86. The van der Waals surface area contributed by atoms with Gasteiger partial charge < -0.3 is 15.3 Å². The van der Waals surface area contributed by atoms with E-state index in [9.17, 15) is 5.11 Å². The van der Waals surface area contributed by atoms with Crippen molar-refractivity contribution >= 4 is 10.8 Å². The number of nitrogens with one attached hydrogen (secondary N) is 1. The molecule has 26 heavy (non-hydrogen) atoms. The van der Waals surface area contributed by atoms with E-state index in [-0.39, 0.29) is 5.92 Å². The minimum atomic E-state index is -0.582. The number of hydrogen-bond acceptors (Lipinski definition) is 3. The molecule has 1 aliphatic heterocycles. The van der Waals surface area contributed by atoms with Crippen LogP contribution in [-0.4, -0.2) is 48.3 Å². The summed E-state index contributed by atoms with van der Waals surface area (Å²) in [4.78, 5) is 2.54. The maximum absolute atomic E-state index is 11.8. The fourth-order valence-electron chi connectivity index (χ4n) is 4.87. The molecule has 2 fully saturated rings. The summed E-state index contributed by atoms with van der Waals surface area (Å²) in [5, 5.41) is 17.8. The molecule has 1 saturated heterocycles. The van der Waals surface area contributed by atoms with Crippen LogP contribution in [0.5, 0.6) is 0 Å². The number of rotatable bonds is 4. The van der Waals surface area contributed by atoms with Gasteiger partial charge in [-0.1, -0.05) is 49.4 Å². The Balaban J connectivity index is 1.71. The van der Waals surface area contributed by atoms with E-state index in [1.54, 1.807) is 0 Å². The summed E-state index contributed by atoms with van der Waals surface area (Å²) in [7, 11) is 0. The summed E-state index contributed by atoms with van der Waals surface area (Å²) in [5.41, 5.74) is 0.750. The van der Waals surface area contributed by atoms with Crippen LogP contribution in [0.1, 0.15) is 44.1 Å². The van der Waals surface area contributed by atoms with Gasteiger partial charge in [-0.15, -0.1) is 0 Å². The summed E-state index contributed by atoms with van der Waals surface area (Å²) >= 11 is 0. The fourth-order valence-corrected chi connectivity index (χ4v) is 4.87. The van der Waals surface area contributed by atoms with Gasteiger partial charge in [-0.2, -0.15) is 0 Å². The van der Waals surface area contributed by atoms with Crippen LogP contribution in [0, 0.1) is 5.92 Å². The lowest BCUT2D eigenvalue weighted by Crippen LogP contribution is -2.50. The fraction of sp³-hybridized carbons (Fsp3) is 0.565. The number of aliphatic hydroxyl groups is 1. The van der Waals surface area contributed by atoms with E-state index in [0.29, 0.717) is 0 Å². The molecule has 1 atom stereocenters. The Morgan fingerprint density at radius 2 is 1.77 bits per heavy atom. The molecular formula is C23H32N2O. The molecular weight excluding hydrogens is 320 g/mol. The maximum Gasteiger partial charge on any atom is 0.0728 e.